The largest absolute Gasteiger partial charge is 0.454 e. The van der Waals surface area contributed by atoms with Gasteiger partial charge in [0.15, 0.2) is 11.6 Å². The van der Waals surface area contributed by atoms with Crippen LogP contribution in [-0.4, -0.2) is 54.4 Å². The number of ether oxygens (including phenoxy) is 1. The topological polar surface area (TPSA) is 73.3 Å². The minimum Gasteiger partial charge on any atom is -0.454 e. The van der Waals surface area contributed by atoms with E-state index < -0.39 is 11.6 Å². The van der Waals surface area contributed by atoms with Gasteiger partial charge in [0, 0.05) is 40.5 Å². The Labute approximate surface area is 248 Å². The third-order valence-corrected chi connectivity index (χ3v) is 7.71. The summed E-state index contributed by atoms with van der Waals surface area (Å²) in [6, 6.07) is 9.23. The van der Waals surface area contributed by atoms with Crippen LogP contribution in [0.4, 0.5) is 14.5 Å². The summed E-state index contributed by atoms with van der Waals surface area (Å²) in [7, 11) is 2.14. The lowest BCUT2D eigenvalue weighted by atomic mass is 10.0. The van der Waals surface area contributed by atoms with E-state index in [0.29, 0.717) is 17.7 Å². The molecule has 1 fully saturated rings. The second kappa shape index (κ2) is 15.9. The van der Waals surface area contributed by atoms with Crippen molar-refractivity contribution in [1.82, 2.24) is 15.5 Å². The maximum Gasteiger partial charge on any atom is 0.168 e. The number of likely N-dealkylation sites (tertiary alicyclic amines) is 1. The third kappa shape index (κ3) is 9.83. The Morgan fingerprint density at radius 3 is 2.39 bits per heavy atom. The Hall–Kier alpha value is -2.95. The van der Waals surface area contributed by atoms with Crippen molar-refractivity contribution in [2.45, 2.75) is 66.6 Å². The van der Waals surface area contributed by atoms with Crippen molar-refractivity contribution in [3.05, 3.63) is 59.7 Å². The van der Waals surface area contributed by atoms with E-state index in [1.165, 1.54) is 12.1 Å². The van der Waals surface area contributed by atoms with Gasteiger partial charge < -0.3 is 19.7 Å². The molecule has 2 aromatic rings. The molecule has 1 aliphatic heterocycles. The van der Waals surface area contributed by atoms with Gasteiger partial charge in [0.2, 0.25) is 0 Å². The summed E-state index contributed by atoms with van der Waals surface area (Å²) in [4.78, 5) is 2.33. The van der Waals surface area contributed by atoms with Crippen molar-refractivity contribution in [1.29, 1.82) is 0 Å². The van der Waals surface area contributed by atoms with Gasteiger partial charge in [-0.15, -0.1) is 0 Å². The molecule has 1 aliphatic rings. The smallest absolute Gasteiger partial charge is 0.168 e. The van der Waals surface area contributed by atoms with Gasteiger partial charge in [0.05, 0.1) is 5.71 Å². The van der Waals surface area contributed by atoms with Crippen LogP contribution in [0.25, 0.3) is 5.70 Å². The molecule has 0 spiro atoms. The SMILES string of the molecule is C/C=C(\NC(NC1CCN(C)CC1)/C(C)=N/N=C(/C)C(C)C)c1cc(NSCC)ccc1Oc1ccc(F)cc1F. The molecular weight excluding hydrogens is 542 g/mol. The van der Waals surface area contributed by atoms with Crippen LogP contribution in [0.2, 0.25) is 0 Å². The number of rotatable bonds is 13. The molecule has 0 saturated carbocycles. The molecule has 41 heavy (non-hydrogen) atoms. The van der Waals surface area contributed by atoms with E-state index in [-0.39, 0.29) is 11.9 Å². The maximum atomic E-state index is 14.6. The van der Waals surface area contributed by atoms with E-state index in [1.54, 1.807) is 18.0 Å². The Bertz CT molecular complexity index is 1240. The minimum absolute atomic E-state index is 0.0519. The van der Waals surface area contributed by atoms with Crippen LogP contribution in [-0.2, 0) is 0 Å². The summed E-state index contributed by atoms with van der Waals surface area (Å²) in [6.07, 6.45) is 3.69. The Balaban J connectivity index is 1.98. The number of anilines is 1. The van der Waals surface area contributed by atoms with Gasteiger partial charge in [-0.25, -0.2) is 8.78 Å². The number of benzene rings is 2. The number of hydrogen-bond acceptors (Lipinski definition) is 8. The van der Waals surface area contributed by atoms with Crippen molar-refractivity contribution in [3.63, 3.8) is 0 Å². The normalized spacial score (nSPS) is 16.7. The summed E-state index contributed by atoms with van der Waals surface area (Å²) in [6.45, 7) is 14.2. The van der Waals surface area contributed by atoms with Crippen molar-refractivity contribution >= 4 is 34.8 Å². The molecule has 224 valence electrons. The molecule has 0 radical (unpaired) electrons. The highest BCUT2D eigenvalue weighted by Gasteiger charge is 2.24. The maximum absolute atomic E-state index is 14.6. The molecule has 0 bridgehead atoms. The molecule has 3 N–H and O–H groups in total. The second-order valence-corrected chi connectivity index (χ2v) is 11.7. The molecular formula is C31H44F2N6OS. The molecule has 1 atom stereocenters. The number of nitrogens with zero attached hydrogens (tertiary/aromatic N) is 3. The lowest BCUT2D eigenvalue weighted by Gasteiger charge is -2.33. The fourth-order valence-corrected chi connectivity index (χ4v) is 4.64. The first-order valence-electron chi connectivity index (χ1n) is 14.2. The first-order valence-corrected chi connectivity index (χ1v) is 15.2. The monoisotopic (exact) mass is 586 g/mol. The predicted molar refractivity (Wildman–Crippen MR) is 170 cm³/mol. The fourth-order valence-electron chi connectivity index (χ4n) is 4.21. The number of nitrogens with one attached hydrogen (secondary N) is 3. The van der Waals surface area contributed by atoms with Crippen molar-refractivity contribution in [2.24, 2.45) is 16.1 Å². The highest BCUT2D eigenvalue weighted by molar-refractivity contribution is 8.00. The van der Waals surface area contributed by atoms with Gasteiger partial charge >= 0.3 is 0 Å². The summed E-state index contributed by atoms with van der Waals surface area (Å²) < 4.78 is 37.5. The van der Waals surface area contributed by atoms with Crippen LogP contribution in [0.5, 0.6) is 11.5 Å². The zero-order valence-electron chi connectivity index (χ0n) is 25.2. The average Bonchev–Trinajstić information content (AvgIpc) is 2.95. The molecule has 2 aromatic carbocycles. The third-order valence-electron chi connectivity index (χ3n) is 7.05. The summed E-state index contributed by atoms with van der Waals surface area (Å²) >= 11 is 1.57. The number of piperidine rings is 1. The standard InChI is InChI=1S/C31H44F2N6OS/c1-8-28(35-31(22(6)37-36-21(5)20(3)4)34-24-14-16-39(7)17-15-24)26-19-25(38-41-9-2)11-13-29(26)40-30-12-10-23(32)18-27(30)33/h8,10-13,18-20,24,31,34-35,38H,9,14-17H2,1-7H3/b28-8-,36-21-,37-22+. The zero-order valence-corrected chi connectivity index (χ0v) is 26.0. The Kier molecular flexibility index (Phi) is 12.6. The molecule has 10 heteroatoms. The summed E-state index contributed by atoms with van der Waals surface area (Å²) in [5.74, 6) is 0.146. The lowest BCUT2D eigenvalue weighted by molar-refractivity contribution is 0.229. The highest BCUT2D eigenvalue weighted by atomic mass is 32.2. The molecule has 3 rings (SSSR count). The van der Waals surface area contributed by atoms with E-state index >= 15 is 0 Å². The van der Waals surface area contributed by atoms with Crippen LogP contribution in [0.1, 0.15) is 59.9 Å². The van der Waals surface area contributed by atoms with E-state index in [1.807, 2.05) is 39.0 Å². The van der Waals surface area contributed by atoms with E-state index in [4.69, 9.17) is 4.74 Å². The van der Waals surface area contributed by atoms with Crippen molar-refractivity contribution < 1.29 is 13.5 Å². The van der Waals surface area contributed by atoms with Crippen LogP contribution in [0.3, 0.4) is 0 Å². The number of hydrogen-bond donors (Lipinski definition) is 3. The molecule has 1 saturated heterocycles. The lowest BCUT2D eigenvalue weighted by Crippen LogP contribution is -2.53. The Morgan fingerprint density at radius 2 is 1.76 bits per heavy atom. The molecule has 0 aliphatic carbocycles. The molecule has 1 unspecified atom stereocenters. The quantitative estimate of drug-likeness (QED) is 0.0991. The average molecular weight is 587 g/mol. The number of allylic oxidation sites excluding steroid dienone is 1. The van der Waals surface area contributed by atoms with Crippen LogP contribution < -0.4 is 20.1 Å². The highest BCUT2D eigenvalue weighted by Crippen LogP contribution is 2.34. The zero-order chi connectivity index (χ0) is 29.9. The Morgan fingerprint density at radius 1 is 1.07 bits per heavy atom. The minimum atomic E-state index is -0.766. The summed E-state index contributed by atoms with van der Waals surface area (Å²) in [5.41, 5.74) is 4.13. The predicted octanol–water partition coefficient (Wildman–Crippen LogP) is 7.29. The van der Waals surface area contributed by atoms with Crippen molar-refractivity contribution in [2.75, 3.05) is 30.6 Å². The fraction of sp³-hybridized carbons (Fsp3) is 0.484. The van der Waals surface area contributed by atoms with Crippen LogP contribution in [0, 0.1) is 17.6 Å². The van der Waals surface area contributed by atoms with E-state index in [9.17, 15) is 8.78 Å². The van der Waals surface area contributed by atoms with E-state index in [2.05, 4.69) is 58.3 Å². The van der Waals surface area contributed by atoms with Crippen LogP contribution >= 0.6 is 11.9 Å². The number of halogens is 2. The first-order chi connectivity index (χ1) is 19.6. The van der Waals surface area contributed by atoms with Gasteiger partial charge in [-0.05, 0) is 90.0 Å². The van der Waals surface area contributed by atoms with Gasteiger partial charge in [0.25, 0.3) is 0 Å². The molecule has 1 heterocycles. The molecule has 0 aromatic heterocycles. The first kappa shape index (κ1) is 32.6. The van der Waals surface area contributed by atoms with Crippen molar-refractivity contribution in [3.8, 4) is 11.5 Å². The van der Waals surface area contributed by atoms with Gasteiger partial charge in [0.1, 0.15) is 17.7 Å². The van der Waals surface area contributed by atoms with Crippen LogP contribution in [0.15, 0.2) is 52.7 Å². The van der Waals surface area contributed by atoms with Gasteiger partial charge in [-0.1, -0.05) is 38.8 Å². The van der Waals surface area contributed by atoms with E-state index in [0.717, 1.165) is 66.1 Å². The van der Waals surface area contributed by atoms with Gasteiger partial charge in [-0.2, -0.15) is 10.2 Å². The summed E-state index contributed by atoms with van der Waals surface area (Å²) in [5, 5.41) is 16.5. The van der Waals surface area contributed by atoms with Gasteiger partial charge in [-0.3, -0.25) is 5.32 Å². The second-order valence-electron chi connectivity index (χ2n) is 10.6. The molecule has 7 nitrogen and oxygen atoms in total. The molecule has 0 amide bonds.